The van der Waals surface area contributed by atoms with Crippen LogP contribution >= 0.6 is 0 Å². The summed E-state index contributed by atoms with van der Waals surface area (Å²) in [7, 11) is 0. The molecule has 2 fully saturated rings. The summed E-state index contributed by atoms with van der Waals surface area (Å²) in [6.07, 6.45) is 3.67. The largest absolute Gasteiger partial charge is 0.492 e. The number of nitrogens with zero attached hydrogens (tertiary/aromatic N) is 3. The van der Waals surface area contributed by atoms with Gasteiger partial charge in [0, 0.05) is 61.5 Å². The monoisotopic (exact) mass is 629 g/mol. The van der Waals surface area contributed by atoms with Crippen LogP contribution in [0.2, 0.25) is 0 Å². The third-order valence-corrected chi connectivity index (χ3v) is 8.98. The number of carbonyl (C=O) groups is 2. The van der Waals surface area contributed by atoms with E-state index < -0.39 is 5.41 Å². The minimum absolute atomic E-state index is 0.0725. The van der Waals surface area contributed by atoms with Gasteiger partial charge in [-0.2, -0.15) is 0 Å². The third-order valence-electron chi connectivity index (χ3n) is 8.98. The summed E-state index contributed by atoms with van der Waals surface area (Å²) in [5.74, 6) is 0.465. The number of anilines is 1. The van der Waals surface area contributed by atoms with Crippen LogP contribution in [0, 0.1) is 17.2 Å². The van der Waals surface area contributed by atoms with Gasteiger partial charge in [-0.3, -0.25) is 14.5 Å². The van der Waals surface area contributed by atoms with Gasteiger partial charge in [0.05, 0.1) is 13.2 Å². The summed E-state index contributed by atoms with van der Waals surface area (Å²) in [5.41, 5.74) is 1.78. The van der Waals surface area contributed by atoms with Crippen LogP contribution in [0.15, 0.2) is 78.9 Å². The summed E-state index contributed by atoms with van der Waals surface area (Å²) >= 11 is 0. The fourth-order valence-corrected chi connectivity index (χ4v) is 6.46. The normalized spacial score (nSPS) is 19.0. The zero-order valence-electron chi connectivity index (χ0n) is 27.5. The lowest BCUT2D eigenvalue weighted by atomic mass is 9.82. The van der Waals surface area contributed by atoms with Gasteiger partial charge >= 0.3 is 0 Å². The molecule has 0 aromatic heterocycles. The van der Waals surface area contributed by atoms with E-state index in [1.807, 2.05) is 68.1 Å². The Labute approximate surface area is 273 Å². The Balaban J connectivity index is 1.35. The second-order valence-corrected chi connectivity index (χ2v) is 13.6. The number of ether oxygens (including phenoxy) is 2. The van der Waals surface area contributed by atoms with Gasteiger partial charge in [-0.1, -0.05) is 63.6 Å². The second-order valence-electron chi connectivity index (χ2n) is 13.6. The van der Waals surface area contributed by atoms with Crippen molar-refractivity contribution in [1.29, 1.82) is 0 Å². The predicted molar refractivity (Wildman–Crippen MR) is 179 cm³/mol. The molecule has 1 saturated heterocycles. The highest BCUT2D eigenvalue weighted by molar-refractivity contribution is 6.06. The third kappa shape index (κ3) is 9.17. The fourth-order valence-electron chi connectivity index (χ4n) is 6.46. The average molecular weight is 630 g/mol. The number of hydrogen-bond donors (Lipinski definition) is 0. The highest BCUT2D eigenvalue weighted by Gasteiger charge is 2.36. The number of rotatable bonds is 11. The van der Waals surface area contributed by atoms with Crippen LogP contribution in [0.1, 0.15) is 62.4 Å². The summed E-state index contributed by atoms with van der Waals surface area (Å²) in [5, 5.41) is 0. The average Bonchev–Trinajstić information content (AvgIpc) is 3.07. The van der Waals surface area contributed by atoms with Gasteiger partial charge in [-0.25, -0.2) is 4.39 Å². The zero-order chi connectivity index (χ0) is 32.5. The molecule has 0 radical (unpaired) electrons. The highest BCUT2D eigenvalue weighted by atomic mass is 19.1. The van der Waals surface area contributed by atoms with Gasteiger partial charge in [-0.05, 0) is 67.1 Å². The van der Waals surface area contributed by atoms with Crippen molar-refractivity contribution in [1.82, 2.24) is 9.80 Å². The van der Waals surface area contributed by atoms with E-state index in [2.05, 4.69) is 21.9 Å². The Morgan fingerprint density at radius 3 is 2.41 bits per heavy atom. The molecule has 2 aliphatic rings. The van der Waals surface area contributed by atoms with Crippen molar-refractivity contribution in [3.63, 3.8) is 0 Å². The van der Waals surface area contributed by atoms with E-state index in [4.69, 9.17) is 9.47 Å². The van der Waals surface area contributed by atoms with Crippen LogP contribution in [0.5, 0.6) is 5.75 Å². The van der Waals surface area contributed by atoms with Crippen LogP contribution < -0.4 is 9.64 Å². The van der Waals surface area contributed by atoms with Gasteiger partial charge < -0.3 is 19.3 Å². The molecule has 1 saturated carbocycles. The predicted octanol–water partition coefficient (Wildman–Crippen LogP) is 6.82. The standard InChI is InChI=1S/C38H48FN3O4/c1-38(2,3)37(44)42(27-29-9-5-4-6-10-29)33-12-7-11-30(25-33)28-41(36(43)31-15-17-32(39)18-16-31)34-13-8-14-35(26-34)46-24-21-40-19-22-45-23-20-40/h4-6,8-10,13-18,26,30,33H,7,11-12,19-25,27-28H2,1-3H3. The van der Waals surface area contributed by atoms with E-state index in [-0.39, 0.29) is 29.6 Å². The molecule has 5 rings (SSSR count). The topological polar surface area (TPSA) is 62.3 Å². The second kappa shape index (κ2) is 15.7. The van der Waals surface area contributed by atoms with Gasteiger partial charge in [0.1, 0.15) is 18.2 Å². The smallest absolute Gasteiger partial charge is 0.258 e. The molecule has 3 aromatic rings. The highest BCUT2D eigenvalue weighted by Crippen LogP contribution is 2.34. The lowest BCUT2D eigenvalue weighted by molar-refractivity contribution is -0.143. The van der Waals surface area contributed by atoms with Gasteiger partial charge in [0.2, 0.25) is 5.91 Å². The Morgan fingerprint density at radius 1 is 0.957 bits per heavy atom. The number of amides is 2. The Hall–Kier alpha value is -3.75. The van der Waals surface area contributed by atoms with Crippen LogP contribution in [0.3, 0.4) is 0 Å². The zero-order valence-corrected chi connectivity index (χ0v) is 27.5. The Bertz CT molecular complexity index is 1420. The first-order valence-corrected chi connectivity index (χ1v) is 16.6. The molecular formula is C38H48FN3O4. The lowest BCUT2D eigenvalue weighted by Crippen LogP contribution is -2.48. The molecule has 8 heteroatoms. The first kappa shape index (κ1) is 33.6. The van der Waals surface area contributed by atoms with E-state index >= 15 is 0 Å². The minimum Gasteiger partial charge on any atom is -0.492 e. The molecule has 0 spiro atoms. The number of morpholine rings is 1. The van der Waals surface area contributed by atoms with Crippen molar-refractivity contribution >= 4 is 17.5 Å². The number of carbonyl (C=O) groups excluding carboxylic acids is 2. The van der Waals surface area contributed by atoms with Crippen molar-refractivity contribution < 1.29 is 23.5 Å². The lowest BCUT2D eigenvalue weighted by Gasteiger charge is -2.41. The van der Waals surface area contributed by atoms with E-state index in [1.165, 1.54) is 12.1 Å². The van der Waals surface area contributed by atoms with Gasteiger partial charge in [0.25, 0.3) is 5.91 Å². The van der Waals surface area contributed by atoms with Crippen LogP contribution in [0.25, 0.3) is 0 Å². The van der Waals surface area contributed by atoms with Crippen molar-refractivity contribution in [2.45, 2.75) is 59.0 Å². The number of hydrogen-bond acceptors (Lipinski definition) is 5. The van der Waals surface area contributed by atoms with Gasteiger partial charge in [0.15, 0.2) is 0 Å². The van der Waals surface area contributed by atoms with E-state index in [9.17, 15) is 14.0 Å². The maximum atomic E-state index is 14.0. The molecule has 7 nitrogen and oxygen atoms in total. The summed E-state index contributed by atoms with van der Waals surface area (Å²) < 4.78 is 25.4. The van der Waals surface area contributed by atoms with E-state index in [1.54, 1.807) is 12.1 Å². The van der Waals surface area contributed by atoms with Crippen molar-refractivity contribution in [2.75, 3.05) is 50.9 Å². The molecule has 1 aliphatic heterocycles. The quantitative estimate of drug-likeness (QED) is 0.233. The van der Waals surface area contributed by atoms with E-state index in [0.717, 1.165) is 69.8 Å². The minimum atomic E-state index is -0.505. The molecule has 2 atom stereocenters. The molecule has 2 unspecified atom stereocenters. The Kier molecular flexibility index (Phi) is 11.5. The molecule has 3 aromatic carbocycles. The van der Waals surface area contributed by atoms with Crippen molar-refractivity contribution in [3.05, 3.63) is 95.8 Å². The van der Waals surface area contributed by atoms with Crippen molar-refractivity contribution in [3.8, 4) is 5.75 Å². The molecule has 1 heterocycles. The van der Waals surface area contributed by atoms with Crippen LogP contribution in [0.4, 0.5) is 10.1 Å². The fraction of sp³-hybridized carbons (Fsp3) is 0.474. The van der Waals surface area contributed by atoms with Crippen molar-refractivity contribution in [2.24, 2.45) is 11.3 Å². The maximum Gasteiger partial charge on any atom is 0.258 e. The molecule has 0 N–H and O–H groups in total. The van der Waals surface area contributed by atoms with Crippen LogP contribution in [-0.4, -0.2) is 73.7 Å². The number of benzene rings is 3. The molecule has 1 aliphatic carbocycles. The summed E-state index contributed by atoms with van der Waals surface area (Å²) in [4.78, 5) is 34.0. The molecule has 246 valence electrons. The van der Waals surface area contributed by atoms with E-state index in [0.29, 0.717) is 31.0 Å². The number of halogens is 1. The molecule has 2 amide bonds. The summed E-state index contributed by atoms with van der Waals surface area (Å²) in [6, 6.07) is 23.7. The molecule has 46 heavy (non-hydrogen) atoms. The van der Waals surface area contributed by atoms with Gasteiger partial charge in [-0.15, -0.1) is 0 Å². The SMILES string of the molecule is CC(C)(C)C(=O)N(Cc1ccccc1)C1CCCC(CN(C(=O)c2ccc(F)cc2)c2cccc(OCCN3CCOCC3)c2)C1. The molecule has 0 bridgehead atoms. The maximum absolute atomic E-state index is 14.0. The summed E-state index contributed by atoms with van der Waals surface area (Å²) in [6.45, 7) is 11.6. The molecular weight excluding hydrogens is 581 g/mol. The Morgan fingerprint density at radius 2 is 1.70 bits per heavy atom. The first-order chi connectivity index (χ1) is 22.2. The van der Waals surface area contributed by atoms with Crippen LogP contribution in [-0.2, 0) is 16.1 Å². The first-order valence-electron chi connectivity index (χ1n) is 16.6.